The van der Waals surface area contributed by atoms with Crippen molar-refractivity contribution in [1.82, 2.24) is 0 Å². The van der Waals surface area contributed by atoms with Crippen LogP contribution in [0.2, 0.25) is 0 Å². The first-order valence-corrected chi connectivity index (χ1v) is 6.89. The van der Waals surface area contributed by atoms with Crippen LogP contribution in [-0.2, 0) is 9.59 Å². The van der Waals surface area contributed by atoms with E-state index in [1.54, 1.807) is 36.4 Å². The molecule has 2 rings (SSSR count). The number of benzene rings is 2. The Hall–Kier alpha value is -2.66. The summed E-state index contributed by atoms with van der Waals surface area (Å²) in [4.78, 5) is 23.4. The fourth-order valence-corrected chi connectivity index (χ4v) is 2.05. The molecule has 2 aromatic carbocycles. The van der Waals surface area contributed by atoms with Crippen molar-refractivity contribution in [1.29, 1.82) is 0 Å². The quantitative estimate of drug-likeness (QED) is 0.812. The zero-order valence-corrected chi connectivity index (χ0v) is 12.5. The number of carbonyl (C=O) groups excluding carboxylic acids is 2. The number of amides is 2. The topological polar surface area (TPSA) is 78.4 Å². The molecule has 5 heteroatoms. The summed E-state index contributed by atoms with van der Waals surface area (Å²) >= 11 is 0. The molecular formula is C17H18N2O3. The Morgan fingerprint density at radius 1 is 1.00 bits per heavy atom. The summed E-state index contributed by atoms with van der Waals surface area (Å²) in [5.74, 6) is -0.786. The van der Waals surface area contributed by atoms with E-state index in [0.717, 1.165) is 5.56 Å². The number of anilines is 2. The van der Waals surface area contributed by atoms with Crippen LogP contribution in [0.15, 0.2) is 48.5 Å². The summed E-state index contributed by atoms with van der Waals surface area (Å²) in [5.41, 5.74) is 2.38. The van der Waals surface area contributed by atoms with Crippen LogP contribution in [0.4, 0.5) is 11.4 Å². The van der Waals surface area contributed by atoms with E-state index in [1.165, 1.54) is 6.92 Å². The molecule has 0 fully saturated rings. The van der Waals surface area contributed by atoms with Crippen LogP contribution in [-0.4, -0.2) is 16.9 Å². The van der Waals surface area contributed by atoms with Gasteiger partial charge in [-0.25, -0.2) is 0 Å². The van der Waals surface area contributed by atoms with Gasteiger partial charge in [0.2, 0.25) is 5.91 Å². The van der Waals surface area contributed by atoms with Gasteiger partial charge in [0.05, 0.1) is 11.4 Å². The third kappa shape index (κ3) is 3.93. The second kappa shape index (κ2) is 6.87. The maximum Gasteiger partial charge on any atom is 0.257 e. The third-order valence-electron chi connectivity index (χ3n) is 3.11. The van der Waals surface area contributed by atoms with Gasteiger partial charge in [-0.05, 0) is 30.2 Å². The molecule has 0 aliphatic carbocycles. The Bertz CT molecular complexity index is 684. The average Bonchev–Trinajstić information content (AvgIpc) is 2.49. The highest BCUT2D eigenvalue weighted by Gasteiger charge is 2.18. The van der Waals surface area contributed by atoms with Gasteiger partial charge in [0, 0.05) is 6.92 Å². The van der Waals surface area contributed by atoms with Gasteiger partial charge in [-0.2, -0.15) is 0 Å². The highest BCUT2D eigenvalue weighted by atomic mass is 16.3. The maximum absolute atomic E-state index is 12.2. The normalized spacial score (nSPS) is 11.6. The Labute approximate surface area is 129 Å². The van der Waals surface area contributed by atoms with Crippen LogP contribution in [0.1, 0.15) is 24.2 Å². The lowest BCUT2D eigenvalue weighted by molar-refractivity contribution is -0.124. The van der Waals surface area contributed by atoms with Crippen LogP contribution in [0.3, 0.4) is 0 Å². The lowest BCUT2D eigenvalue weighted by atomic mass is 10.1. The minimum absolute atomic E-state index is 0.233. The molecule has 0 radical (unpaired) electrons. The first-order valence-electron chi connectivity index (χ1n) is 6.89. The van der Waals surface area contributed by atoms with Gasteiger partial charge >= 0.3 is 0 Å². The predicted octanol–water partition coefficient (Wildman–Crippen LogP) is 2.63. The molecule has 22 heavy (non-hydrogen) atoms. The number of aliphatic hydroxyl groups excluding tert-OH is 1. The number of nitrogens with one attached hydrogen (secondary N) is 2. The Balaban J connectivity index is 2.20. The number of hydrogen-bond donors (Lipinski definition) is 3. The van der Waals surface area contributed by atoms with Crippen LogP contribution < -0.4 is 10.6 Å². The molecule has 1 atom stereocenters. The van der Waals surface area contributed by atoms with Crippen LogP contribution in [0, 0.1) is 6.92 Å². The van der Waals surface area contributed by atoms with Crippen LogP contribution >= 0.6 is 0 Å². The Kier molecular flexibility index (Phi) is 4.91. The van der Waals surface area contributed by atoms with E-state index in [0.29, 0.717) is 16.9 Å². The van der Waals surface area contributed by atoms with Crippen molar-refractivity contribution in [2.24, 2.45) is 0 Å². The molecular weight excluding hydrogens is 280 g/mol. The highest BCUT2D eigenvalue weighted by molar-refractivity contribution is 6.00. The van der Waals surface area contributed by atoms with E-state index in [9.17, 15) is 14.7 Å². The van der Waals surface area contributed by atoms with Crippen molar-refractivity contribution in [3.63, 3.8) is 0 Å². The summed E-state index contributed by atoms with van der Waals surface area (Å²) in [6.07, 6.45) is -1.27. The van der Waals surface area contributed by atoms with Gasteiger partial charge < -0.3 is 15.7 Å². The maximum atomic E-state index is 12.2. The van der Waals surface area contributed by atoms with E-state index < -0.39 is 12.0 Å². The molecule has 0 spiro atoms. The first kappa shape index (κ1) is 15.7. The monoisotopic (exact) mass is 298 g/mol. The second-order valence-electron chi connectivity index (χ2n) is 5.03. The van der Waals surface area contributed by atoms with Gasteiger partial charge in [0.25, 0.3) is 5.91 Å². The van der Waals surface area contributed by atoms with Gasteiger partial charge in [-0.1, -0.05) is 36.4 Å². The van der Waals surface area contributed by atoms with E-state index >= 15 is 0 Å². The van der Waals surface area contributed by atoms with Crippen molar-refractivity contribution in [3.05, 3.63) is 59.7 Å². The van der Waals surface area contributed by atoms with Gasteiger partial charge in [0.15, 0.2) is 6.10 Å². The molecule has 0 bridgehead atoms. The minimum atomic E-state index is -1.27. The standard InChI is InChI=1S/C17H18N2O3/c1-11-8-9-14(18-12(2)20)15(10-11)19-17(22)16(21)13-6-4-3-5-7-13/h3-10,16,21H,1-2H3,(H,18,20)(H,19,22). The van der Waals surface area contributed by atoms with E-state index in [1.807, 2.05) is 19.1 Å². The molecule has 0 aliphatic heterocycles. The number of aryl methyl sites for hydroxylation is 1. The highest BCUT2D eigenvalue weighted by Crippen LogP contribution is 2.25. The molecule has 114 valence electrons. The second-order valence-corrected chi connectivity index (χ2v) is 5.03. The fourth-order valence-electron chi connectivity index (χ4n) is 2.05. The Morgan fingerprint density at radius 2 is 1.68 bits per heavy atom. The number of carbonyl (C=O) groups is 2. The predicted molar refractivity (Wildman–Crippen MR) is 85.5 cm³/mol. The zero-order chi connectivity index (χ0) is 16.1. The lowest BCUT2D eigenvalue weighted by Crippen LogP contribution is -2.22. The molecule has 2 amide bonds. The van der Waals surface area contributed by atoms with Crippen molar-refractivity contribution in [2.45, 2.75) is 20.0 Å². The van der Waals surface area contributed by atoms with Gasteiger partial charge in [-0.15, -0.1) is 0 Å². The summed E-state index contributed by atoms with van der Waals surface area (Å²) in [7, 11) is 0. The summed E-state index contributed by atoms with van der Waals surface area (Å²) in [6.45, 7) is 3.27. The molecule has 5 nitrogen and oxygen atoms in total. The van der Waals surface area contributed by atoms with Crippen LogP contribution in [0.5, 0.6) is 0 Å². The van der Waals surface area contributed by atoms with E-state index in [2.05, 4.69) is 10.6 Å². The van der Waals surface area contributed by atoms with Crippen molar-refractivity contribution in [3.8, 4) is 0 Å². The summed E-state index contributed by atoms with van der Waals surface area (Å²) < 4.78 is 0. The number of hydrogen-bond acceptors (Lipinski definition) is 3. The summed E-state index contributed by atoms with van der Waals surface area (Å²) in [5, 5.41) is 15.4. The molecule has 2 aromatic rings. The largest absolute Gasteiger partial charge is 0.378 e. The smallest absolute Gasteiger partial charge is 0.257 e. The SMILES string of the molecule is CC(=O)Nc1ccc(C)cc1NC(=O)C(O)c1ccccc1. The van der Waals surface area contributed by atoms with Gasteiger partial charge in [-0.3, -0.25) is 9.59 Å². The van der Waals surface area contributed by atoms with Crippen molar-refractivity contribution in [2.75, 3.05) is 10.6 Å². The molecule has 3 N–H and O–H groups in total. The van der Waals surface area contributed by atoms with Crippen molar-refractivity contribution >= 4 is 23.2 Å². The molecule has 0 saturated carbocycles. The molecule has 0 saturated heterocycles. The van der Waals surface area contributed by atoms with Crippen LogP contribution in [0.25, 0.3) is 0 Å². The lowest BCUT2D eigenvalue weighted by Gasteiger charge is -2.15. The molecule has 0 aromatic heterocycles. The first-order chi connectivity index (χ1) is 10.5. The third-order valence-corrected chi connectivity index (χ3v) is 3.11. The fraction of sp³-hybridized carbons (Fsp3) is 0.176. The molecule has 0 heterocycles. The van der Waals surface area contributed by atoms with E-state index in [4.69, 9.17) is 0 Å². The molecule has 1 unspecified atom stereocenters. The zero-order valence-electron chi connectivity index (χ0n) is 12.5. The number of aliphatic hydroxyl groups is 1. The number of rotatable bonds is 4. The average molecular weight is 298 g/mol. The van der Waals surface area contributed by atoms with Crippen molar-refractivity contribution < 1.29 is 14.7 Å². The van der Waals surface area contributed by atoms with Gasteiger partial charge in [0.1, 0.15) is 0 Å². The van der Waals surface area contributed by atoms with E-state index in [-0.39, 0.29) is 5.91 Å². The molecule has 0 aliphatic rings. The summed E-state index contributed by atoms with van der Waals surface area (Å²) in [6, 6.07) is 13.9. The Morgan fingerprint density at radius 3 is 2.32 bits per heavy atom. The minimum Gasteiger partial charge on any atom is -0.378 e.